The van der Waals surface area contributed by atoms with Crippen LogP contribution < -0.4 is 5.56 Å². The van der Waals surface area contributed by atoms with Gasteiger partial charge in [0.25, 0.3) is 5.56 Å². The van der Waals surface area contributed by atoms with Crippen molar-refractivity contribution in [2.24, 2.45) is 0 Å². The Balaban J connectivity index is 2.22. The minimum absolute atomic E-state index is 0.0567. The molecule has 1 heterocycles. The van der Waals surface area contributed by atoms with Gasteiger partial charge in [-0.15, -0.1) is 0 Å². The highest BCUT2D eigenvalue weighted by atomic mass is 32.1. The van der Waals surface area contributed by atoms with E-state index in [2.05, 4.69) is 4.98 Å². The van der Waals surface area contributed by atoms with Crippen LogP contribution in [0, 0.1) is 4.77 Å². The summed E-state index contributed by atoms with van der Waals surface area (Å²) in [5, 5.41) is 0.733. The highest BCUT2D eigenvalue weighted by molar-refractivity contribution is 7.71. The Hall–Kier alpha value is -1.42. The smallest absolute Gasteiger partial charge is 0.262 e. The third-order valence-corrected chi connectivity index (χ3v) is 4.08. The highest BCUT2D eigenvalue weighted by Gasteiger charge is 2.18. The molecule has 1 aromatic heterocycles. The highest BCUT2D eigenvalue weighted by Crippen LogP contribution is 2.27. The van der Waals surface area contributed by atoms with E-state index in [4.69, 9.17) is 12.2 Å². The van der Waals surface area contributed by atoms with Crippen molar-refractivity contribution in [3.63, 3.8) is 0 Å². The monoisotopic (exact) mass is 260 g/mol. The van der Waals surface area contributed by atoms with E-state index in [-0.39, 0.29) is 11.6 Å². The maximum Gasteiger partial charge on any atom is 0.262 e. The lowest BCUT2D eigenvalue weighted by atomic mass is 9.95. The van der Waals surface area contributed by atoms with E-state index in [1.54, 1.807) is 4.57 Å². The van der Waals surface area contributed by atoms with Gasteiger partial charge in [0.05, 0.1) is 10.9 Å². The number of aromatic amines is 1. The van der Waals surface area contributed by atoms with Crippen molar-refractivity contribution < 1.29 is 0 Å². The molecule has 94 valence electrons. The van der Waals surface area contributed by atoms with E-state index >= 15 is 0 Å². The Kier molecular flexibility index (Phi) is 3.04. The van der Waals surface area contributed by atoms with Gasteiger partial charge in [-0.1, -0.05) is 31.4 Å². The lowest BCUT2D eigenvalue weighted by Gasteiger charge is -2.24. The summed E-state index contributed by atoms with van der Waals surface area (Å²) in [5.41, 5.74) is 0.890. The average molecular weight is 260 g/mol. The Bertz CT molecular complexity index is 680. The first kappa shape index (κ1) is 11.7. The van der Waals surface area contributed by atoms with Crippen molar-refractivity contribution in [3.05, 3.63) is 39.4 Å². The lowest BCUT2D eigenvalue weighted by Crippen LogP contribution is -2.27. The average Bonchev–Trinajstić information content (AvgIpc) is 2.40. The molecule has 0 spiro atoms. The molecule has 0 unspecified atom stereocenters. The summed E-state index contributed by atoms with van der Waals surface area (Å²) in [6.45, 7) is 0. The first-order chi connectivity index (χ1) is 8.77. The molecular weight excluding hydrogens is 244 g/mol. The molecule has 1 aliphatic carbocycles. The van der Waals surface area contributed by atoms with Crippen molar-refractivity contribution in [1.29, 1.82) is 0 Å². The molecule has 4 heteroatoms. The number of fused-ring (bicyclic) bond motifs is 1. The van der Waals surface area contributed by atoms with Crippen LogP contribution in [0.1, 0.15) is 38.1 Å². The number of nitrogens with one attached hydrogen (secondary N) is 1. The zero-order valence-electron chi connectivity index (χ0n) is 10.2. The zero-order valence-corrected chi connectivity index (χ0v) is 11.0. The number of rotatable bonds is 1. The number of aromatic nitrogens is 2. The summed E-state index contributed by atoms with van der Waals surface area (Å²) >= 11 is 5.36. The number of hydrogen-bond donors (Lipinski definition) is 1. The zero-order chi connectivity index (χ0) is 12.5. The summed E-state index contributed by atoms with van der Waals surface area (Å²) in [6.07, 6.45) is 5.79. The molecule has 2 aromatic rings. The minimum atomic E-state index is 0.0567. The van der Waals surface area contributed by atoms with Gasteiger partial charge in [-0.3, -0.25) is 9.36 Å². The van der Waals surface area contributed by atoms with Crippen molar-refractivity contribution in [1.82, 2.24) is 9.55 Å². The van der Waals surface area contributed by atoms with Gasteiger partial charge in [0, 0.05) is 6.04 Å². The van der Waals surface area contributed by atoms with Gasteiger partial charge >= 0.3 is 0 Å². The van der Waals surface area contributed by atoms with E-state index in [0.29, 0.717) is 4.77 Å². The fraction of sp³-hybridized carbons (Fsp3) is 0.429. The van der Waals surface area contributed by atoms with E-state index in [1.807, 2.05) is 24.3 Å². The van der Waals surface area contributed by atoms with Crippen LogP contribution in [0.5, 0.6) is 0 Å². The minimum Gasteiger partial charge on any atom is -0.332 e. The van der Waals surface area contributed by atoms with Gasteiger partial charge < -0.3 is 4.98 Å². The normalized spacial score (nSPS) is 17.1. The van der Waals surface area contributed by atoms with Crippen molar-refractivity contribution >= 4 is 23.1 Å². The number of para-hydroxylation sites is 1. The molecule has 1 N–H and O–H groups in total. The largest absolute Gasteiger partial charge is 0.332 e. The van der Waals surface area contributed by atoms with Crippen LogP contribution >= 0.6 is 12.2 Å². The molecule has 0 radical (unpaired) electrons. The van der Waals surface area contributed by atoms with Crippen molar-refractivity contribution in [2.45, 2.75) is 38.1 Å². The fourth-order valence-corrected chi connectivity index (χ4v) is 3.19. The molecule has 0 atom stereocenters. The van der Waals surface area contributed by atoms with Crippen LogP contribution in [0.3, 0.4) is 0 Å². The van der Waals surface area contributed by atoms with Crippen molar-refractivity contribution in [2.75, 3.05) is 0 Å². The molecule has 0 bridgehead atoms. The lowest BCUT2D eigenvalue weighted by molar-refractivity contribution is 0.342. The summed E-state index contributed by atoms with van der Waals surface area (Å²) in [5.74, 6) is 0. The summed E-state index contributed by atoms with van der Waals surface area (Å²) in [6, 6.07) is 7.85. The summed E-state index contributed by atoms with van der Waals surface area (Å²) < 4.78 is 2.35. The van der Waals surface area contributed by atoms with E-state index < -0.39 is 0 Å². The molecule has 1 fully saturated rings. The van der Waals surface area contributed by atoms with Crippen LogP contribution in [-0.2, 0) is 0 Å². The molecule has 0 saturated heterocycles. The number of nitrogens with zero attached hydrogens (tertiary/aromatic N) is 1. The van der Waals surface area contributed by atoms with Crippen LogP contribution in [0.15, 0.2) is 29.1 Å². The van der Waals surface area contributed by atoms with E-state index in [0.717, 1.165) is 23.7 Å². The summed E-state index contributed by atoms with van der Waals surface area (Å²) in [7, 11) is 0. The Labute approximate surface area is 110 Å². The molecule has 0 amide bonds. The molecule has 1 aromatic carbocycles. The predicted octanol–water partition coefficient (Wildman–Crippen LogP) is 3.56. The molecule has 1 aliphatic rings. The van der Waals surface area contributed by atoms with Gasteiger partial charge in [-0.05, 0) is 37.2 Å². The van der Waals surface area contributed by atoms with Crippen LogP contribution in [-0.4, -0.2) is 9.55 Å². The van der Waals surface area contributed by atoms with Gasteiger partial charge in [-0.25, -0.2) is 0 Å². The van der Waals surface area contributed by atoms with Gasteiger partial charge in [0.2, 0.25) is 0 Å². The fourth-order valence-electron chi connectivity index (χ4n) is 2.85. The van der Waals surface area contributed by atoms with Crippen molar-refractivity contribution in [3.8, 4) is 0 Å². The second-order valence-corrected chi connectivity index (χ2v) is 5.33. The maximum atomic E-state index is 12.5. The van der Waals surface area contributed by atoms with E-state index in [1.165, 1.54) is 19.3 Å². The Morgan fingerprint density at radius 2 is 1.89 bits per heavy atom. The van der Waals surface area contributed by atoms with Gasteiger partial charge in [-0.2, -0.15) is 0 Å². The second-order valence-electron chi connectivity index (χ2n) is 4.94. The molecule has 3 nitrogen and oxygen atoms in total. The van der Waals surface area contributed by atoms with Crippen LogP contribution in [0.4, 0.5) is 0 Å². The van der Waals surface area contributed by atoms with Gasteiger partial charge in [0.15, 0.2) is 4.77 Å². The quantitative estimate of drug-likeness (QED) is 0.796. The number of benzene rings is 1. The van der Waals surface area contributed by atoms with Gasteiger partial charge in [0.1, 0.15) is 0 Å². The van der Waals surface area contributed by atoms with Crippen LogP contribution in [0.2, 0.25) is 0 Å². The summed E-state index contributed by atoms with van der Waals surface area (Å²) in [4.78, 5) is 15.7. The molecule has 1 saturated carbocycles. The Morgan fingerprint density at radius 3 is 2.67 bits per heavy atom. The second kappa shape index (κ2) is 4.69. The predicted molar refractivity (Wildman–Crippen MR) is 75.5 cm³/mol. The number of hydrogen-bond acceptors (Lipinski definition) is 2. The standard InChI is InChI=1S/C14H16N2OS/c17-13-11-8-4-5-9-12(11)15-14(18)16(13)10-6-2-1-3-7-10/h4-5,8-10H,1-3,6-7H2,(H,15,18). The molecule has 0 aliphatic heterocycles. The molecule has 3 rings (SSSR count). The molecular formula is C14H16N2OS. The Morgan fingerprint density at radius 1 is 1.17 bits per heavy atom. The topological polar surface area (TPSA) is 37.8 Å². The number of H-pyrrole nitrogens is 1. The third kappa shape index (κ3) is 1.90. The third-order valence-electron chi connectivity index (χ3n) is 3.78. The molecule has 18 heavy (non-hydrogen) atoms. The first-order valence-corrected chi connectivity index (χ1v) is 6.92. The SMILES string of the molecule is O=c1c2ccccc2[nH]c(=S)n1C1CCCCC1. The van der Waals surface area contributed by atoms with E-state index in [9.17, 15) is 4.79 Å². The maximum absolute atomic E-state index is 12.5. The first-order valence-electron chi connectivity index (χ1n) is 6.51. The van der Waals surface area contributed by atoms with Crippen LogP contribution in [0.25, 0.3) is 10.9 Å².